The normalized spacial score (nSPS) is 10.6. The van der Waals surface area contributed by atoms with Gasteiger partial charge in [-0.3, -0.25) is 4.79 Å². The summed E-state index contributed by atoms with van der Waals surface area (Å²) in [5, 5.41) is 3.17. The van der Waals surface area contributed by atoms with E-state index >= 15 is 0 Å². The van der Waals surface area contributed by atoms with Crippen LogP contribution < -0.4 is 11.1 Å². The maximum absolute atomic E-state index is 12.5. The lowest BCUT2D eigenvalue weighted by Gasteiger charge is -2.18. The minimum atomic E-state index is 0.0380. The highest BCUT2D eigenvalue weighted by Crippen LogP contribution is 2.20. The number of thioether (sulfide) groups is 1. The van der Waals surface area contributed by atoms with Gasteiger partial charge in [0.2, 0.25) is 17.8 Å². The van der Waals surface area contributed by atoms with Crippen molar-refractivity contribution < 1.29 is 4.79 Å². The van der Waals surface area contributed by atoms with Crippen molar-refractivity contribution >= 4 is 51.2 Å². The number of carbonyl (C=O) groups is 1. The molecule has 3 N–H and O–H groups in total. The number of hydrogen-bond donors (Lipinski definition) is 2. The van der Waals surface area contributed by atoms with Crippen LogP contribution in [0.4, 0.5) is 17.6 Å². The van der Waals surface area contributed by atoms with E-state index in [0.717, 1.165) is 21.3 Å². The third kappa shape index (κ3) is 6.17. The number of nitrogens with one attached hydrogen (secondary N) is 1. The van der Waals surface area contributed by atoms with Crippen molar-refractivity contribution in [3.8, 4) is 0 Å². The molecular weight excluding hydrogens is 464 g/mol. The summed E-state index contributed by atoms with van der Waals surface area (Å²) in [6.45, 7) is 2.55. The fourth-order valence-electron chi connectivity index (χ4n) is 2.70. The molecule has 0 bridgehead atoms. The number of rotatable bonds is 8. The summed E-state index contributed by atoms with van der Waals surface area (Å²) in [5.41, 5.74) is 8.89. The van der Waals surface area contributed by atoms with E-state index in [4.69, 9.17) is 5.73 Å². The average Bonchev–Trinajstić information content (AvgIpc) is 2.71. The lowest BCUT2D eigenvalue weighted by Crippen LogP contribution is -2.28. The molecule has 3 aromatic rings. The first-order chi connectivity index (χ1) is 14.4. The van der Waals surface area contributed by atoms with Crippen LogP contribution >= 0.6 is 27.7 Å². The Bertz CT molecular complexity index is 1030. The van der Waals surface area contributed by atoms with Crippen molar-refractivity contribution in [2.45, 2.75) is 19.2 Å². The number of aromatic nitrogens is 3. The Balaban J connectivity index is 1.55. The van der Waals surface area contributed by atoms with Gasteiger partial charge in [0.05, 0.1) is 11.5 Å². The minimum absolute atomic E-state index is 0.0380. The average molecular weight is 487 g/mol. The predicted molar refractivity (Wildman–Crippen MR) is 125 cm³/mol. The number of carbonyl (C=O) groups excluding carboxylic acids is 1. The van der Waals surface area contributed by atoms with Crippen molar-refractivity contribution in [1.29, 1.82) is 0 Å². The molecule has 3 rings (SSSR count). The van der Waals surface area contributed by atoms with Crippen LogP contribution in [0.25, 0.3) is 0 Å². The van der Waals surface area contributed by atoms with Gasteiger partial charge in [0, 0.05) is 23.8 Å². The fraction of sp³-hybridized carbons (Fsp3) is 0.238. The van der Waals surface area contributed by atoms with Crippen molar-refractivity contribution in [3.05, 3.63) is 70.0 Å². The Morgan fingerprint density at radius 1 is 1.13 bits per heavy atom. The van der Waals surface area contributed by atoms with Crippen LogP contribution in [0.5, 0.6) is 0 Å². The Kier molecular flexibility index (Phi) is 7.64. The van der Waals surface area contributed by atoms with E-state index in [0.29, 0.717) is 29.8 Å². The molecule has 0 aliphatic rings. The van der Waals surface area contributed by atoms with Gasteiger partial charge in [-0.15, -0.1) is 11.8 Å². The summed E-state index contributed by atoms with van der Waals surface area (Å²) < 4.78 is 0.992. The van der Waals surface area contributed by atoms with Crippen LogP contribution in [0, 0.1) is 6.92 Å². The van der Waals surface area contributed by atoms with Gasteiger partial charge in [0.25, 0.3) is 0 Å². The topological polar surface area (TPSA) is 97.0 Å². The Hall–Kier alpha value is -2.65. The Labute approximate surface area is 188 Å². The van der Waals surface area contributed by atoms with E-state index in [1.54, 1.807) is 11.9 Å². The SMILES string of the molecule is Cc1ccccc1Nc1nc(N)nc(CSCC(=O)N(C)Cc2ccccc2Br)n1. The molecule has 0 unspecified atom stereocenters. The van der Waals surface area contributed by atoms with E-state index in [2.05, 4.69) is 36.2 Å². The van der Waals surface area contributed by atoms with Gasteiger partial charge < -0.3 is 16.0 Å². The van der Waals surface area contributed by atoms with E-state index in [1.807, 2.05) is 55.5 Å². The van der Waals surface area contributed by atoms with Gasteiger partial charge in [-0.25, -0.2) is 0 Å². The maximum Gasteiger partial charge on any atom is 0.232 e. The van der Waals surface area contributed by atoms with Crippen LogP contribution in [0.3, 0.4) is 0 Å². The summed E-state index contributed by atoms with van der Waals surface area (Å²) in [7, 11) is 1.80. The quantitative estimate of drug-likeness (QED) is 0.493. The lowest BCUT2D eigenvalue weighted by atomic mass is 10.2. The predicted octanol–water partition coefficient (Wildman–Crippen LogP) is 4.16. The van der Waals surface area contributed by atoms with Crippen LogP contribution in [0.1, 0.15) is 17.0 Å². The molecule has 0 spiro atoms. The molecule has 30 heavy (non-hydrogen) atoms. The second kappa shape index (κ2) is 10.4. The summed E-state index contributed by atoms with van der Waals surface area (Å²) in [5.74, 6) is 1.90. The summed E-state index contributed by atoms with van der Waals surface area (Å²) >= 11 is 4.96. The summed E-state index contributed by atoms with van der Waals surface area (Å²) in [6, 6.07) is 15.7. The first kappa shape index (κ1) is 22.0. The molecule has 156 valence electrons. The molecule has 1 heterocycles. The van der Waals surface area contributed by atoms with Gasteiger partial charge in [-0.1, -0.05) is 52.3 Å². The number of nitrogens with zero attached hydrogens (tertiary/aromatic N) is 4. The second-order valence-corrected chi connectivity index (χ2v) is 8.55. The zero-order valence-electron chi connectivity index (χ0n) is 16.8. The number of anilines is 3. The fourth-order valence-corrected chi connectivity index (χ4v) is 3.92. The number of amides is 1. The molecule has 0 saturated heterocycles. The standard InChI is InChI=1S/C21H23BrN6OS/c1-14-7-3-6-10-17(14)24-21-26-18(25-20(23)27-21)12-30-13-19(29)28(2)11-15-8-4-5-9-16(15)22/h3-10H,11-13H2,1-2H3,(H3,23,24,25,26,27). The number of aryl methyl sites for hydroxylation is 1. The third-order valence-corrected chi connectivity index (χ3v) is 6.03. The van der Waals surface area contributed by atoms with Crippen molar-refractivity contribution in [2.24, 2.45) is 0 Å². The molecule has 7 nitrogen and oxygen atoms in total. The van der Waals surface area contributed by atoms with Gasteiger partial charge in [0.1, 0.15) is 5.82 Å². The number of halogens is 1. The summed E-state index contributed by atoms with van der Waals surface area (Å²) in [4.78, 5) is 26.9. The smallest absolute Gasteiger partial charge is 0.232 e. The van der Waals surface area contributed by atoms with Crippen LogP contribution in [-0.4, -0.2) is 38.6 Å². The minimum Gasteiger partial charge on any atom is -0.368 e. The first-order valence-electron chi connectivity index (χ1n) is 9.30. The van der Waals surface area contributed by atoms with Gasteiger partial charge >= 0.3 is 0 Å². The highest BCUT2D eigenvalue weighted by molar-refractivity contribution is 9.10. The first-order valence-corrected chi connectivity index (χ1v) is 11.3. The molecule has 9 heteroatoms. The highest BCUT2D eigenvalue weighted by Gasteiger charge is 2.12. The van der Waals surface area contributed by atoms with E-state index in [-0.39, 0.29) is 11.9 Å². The van der Waals surface area contributed by atoms with Crippen LogP contribution in [0.15, 0.2) is 53.0 Å². The number of nitrogens with two attached hydrogens (primary N) is 1. The third-order valence-electron chi connectivity index (χ3n) is 4.34. The van der Waals surface area contributed by atoms with Crippen LogP contribution in [0.2, 0.25) is 0 Å². The molecule has 0 aliphatic carbocycles. The van der Waals surface area contributed by atoms with Gasteiger partial charge in [-0.2, -0.15) is 15.0 Å². The van der Waals surface area contributed by atoms with Crippen LogP contribution in [-0.2, 0) is 17.1 Å². The molecule has 1 aromatic heterocycles. The van der Waals surface area contributed by atoms with Crippen molar-refractivity contribution in [1.82, 2.24) is 19.9 Å². The molecule has 1 amide bonds. The lowest BCUT2D eigenvalue weighted by molar-refractivity contribution is -0.127. The highest BCUT2D eigenvalue weighted by atomic mass is 79.9. The van der Waals surface area contributed by atoms with Crippen molar-refractivity contribution in [2.75, 3.05) is 23.9 Å². The number of benzene rings is 2. The largest absolute Gasteiger partial charge is 0.368 e. The van der Waals surface area contributed by atoms with E-state index < -0.39 is 0 Å². The van der Waals surface area contributed by atoms with E-state index in [1.165, 1.54) is 11.8 Å². The Morgan fingerprint density at radius 2 is 1.87 bits per heavy atom. The van der Waals surface area contributed by atoms with Gasteiger partial charge in [0.15, 0.2) is 0 Å². The zero-order chi connectivity index (χ0) is 21.5. The molecule has 2 aromatic carbocycles. The second-order valence-electron chi connectivity index (χ2n) is 6.71. The Morgan fingerprint density at radius 3 is 2.63 bits per heavy atom. The number of para-hydroxylation sites is 1. The molecule has 0 aliphatic heterocycles. The van der Waals surface area contributed by atoms with E-state index in [9.17, 15) is 4.79 Å². The molecule has 0 fully saturated rings. The molecule has 0 saturated carbocycles. The molecule has 0 radical (unpaired) electrons. The number of nitrogen functional groups attached to an aromatic ring is 1. The number of hydrogen-bond acceptors (Lipinski definition) is 7. The molecular formula is C21H23BrN6OS. The van der Waals surface area contributed by atoms with Crippen molar-refractivity contribution in [3.63, 3.8) is 0 Å². The molecule has 0 atom stereocenters. The monoisotopic (exact) mass is 486 g/mol. The van der Waals surface area contributed by atoms with Gasteiger partial charge in [-0.05, 0) is 30.2 Å². The zero-order valence-corrected chi connectivity index (χ0v) is 19.2. The maximum atomic E-state index is 12.5. The summed E-state index contributed by atoms with van der Waals surface area (Å²) in [6.07, 6.45) is 0.